The molecule has 2 N–H and O–H groups in total. The Morgan fingerprint density at radius 2 is 2.03 bits per heavy atom. The first-order valence-electron chi connectivity index (χ1n) is 9.46. The largest absolute Gasteiger partial charge is 0.347 e. The zero-order valence-electron chi connectivity index (χ0n) is 16.3. The Bertz CT molecular complexity index is 1270. The summed E-state index contributed by atoms with van der Waals surface area (Å²) in [4.78, 5) is 32.6. The molecule has 1 aromatic carbocycles. The van der Waals surface area contributed by atoms with Gasteiger partial charge in [-0.05, 0) is 56.5 Å². The molecule has 1 aliphatic carbocycles. The van der Waals surface area contributed by atoms with Gasteiger partial charge in [-0.15, -0.1) is 0 Å². The summed E-state index contributed by atoms with van der Waals surface area (Å²) in [5.41, 5.74) is 0.0126. The Balaban J connectivity index is 1.71. The number of nitriles is 1. The molecular weight excluding hydrogens is 390 g/mol. The van der Waals surface area contributed by atoms with Gasteiger partial charge in [-0.2, -0.15) is 5.26 Å². The highest BCUT2D eigenvalue weighted by atomic mass is 19.2. The maximum Gasteiger partial charge on any atom is 0.252 e. The van der Waals surface area contributed by atoms with E-state index in [-0.39, 0.29) is 27.9 Å². The van der Waals surface area contributed by atoms with Crippen molar-refractivity contribution in [2.45, 2.75) is 38.1 Å². The Hall–Kier alpha value is -3.60. The predicted octanol–water partition coefficient (Wildman–Crippen LogP) is 3.29. The van der Waals surface area contributed by atoms with Crippen molar-refractivity contribution in [1.82, 2.24) is 15.3 Å². The molecule has 1 atom stereocenters. The Morgan fingerprint density at radius 3 is 2.63 bits per heavy atom. The molecule has 2 aromatic heterocycles. The predicted molar refractivity (Wildman–Crippen MR) is 106 cm³/mol. The molecule has 0 saturated heterocycles. The number of benzene rings is 1. The van der Waals surface area contributed by atoms with E-state index in [1.807, 2.05) is 6.07 Å². The molecule has 0 bridgehead atoms. The summed E-state index contributed by atoms with van der Waals surface area (Å²) in [6.45, 7) is 3.28. The number of carbonyl (C=O) groups excluding carboxylic acids is 1. The second-order valence-electron chi connectivity index (χ2n) is 7.60. The van der Waals surface area contributed by atoms with Crippen molar-refractivity contribution in [2.24, 2.45) is 0 Å². The van der Waals surface area contributed by atoms with Gasteiger partial charge >= 0.3 is 0 Å². The smallest absolute Gasteiger partial charge is 0.252 e. The van der Waals surface area contributed by atoms with Crippen LogP contribution in [0.15, 0.2) is 35.3 Å². The first kappa shape index (κ1) is 19.7. The topological polar surface area (TPSA) is 98.6 Å². The molecule has 8 heteroatoms. The molecule has 1 saturated carbocycles. The number of aromatic amines is 1. The number of fused-ring (bicyclic) bond motifs is 1. The summed E-state index contributed by atoms with van der Waals surface area (Å²) in [5, 5.41) is 11.7. The fraction of sp³-hybridized carbons (Fsp3) is 0.273. The van der Waals surface area contributed by atoms with Gasteiger partial charge in [0.25, 0.3) is 5.56 Å². The summed E-state index contributed by atoms with van der Waals surface area (Å²) in [5.74, 6) is -2.43. The number of nitrogens with one attached hydrogen (secondary N) is 2. The number of aromatic nitrogens is 2. The van der Waals surface area contributed by atoms with E-state index in [0.29, 0.717) is 24.1 Å². The summed E-state index contributed by atoms with van der Waals surface area (Å²) >= 11 is 0. The van der Waals surface area contributed by atoms with Gasteiger partial charge in [0.1, 0.15) is 6.07 Å². The van der Waals surface area contributed by atoms with Crippen molar-refractivity contribution >= 4 is 16.8 Å². The normalized spacial score (nSPS) is 15.4. The molecule has 30 heavy (non-hydrogen) atoms. The minimum atomic E-state index is -1.09. The van der Waals surface area contributed by atoms with Crippen LogP contribution in [0.5, 0.6) is 0 Å². The zero-order valence-corrected chi connectivity index (χ0v) is 16.3. The van der Waals surface area contributed by atoms with E-state index >= 15 is 0 Å². The van der Waals surface area contributed by atoms with E-state index < -0.39 is 28.7 Å². The molecule has 0 unspecified atom stereocenters. The van der Waals surface area contributed by atoms with Crippen LogP contribution in [-0.4, -0.2) is 15.9 Å². The second-order valence-corrected chi connectivity index (χ2v) is 7.60. The average molecular weight is 408 g/mol. The third-order valence-electron chi connectivity index (χ3n) is 5.69. The quantitative estimate of drug-likeness (QED) is 0.692. The minimum Gasteiger partial charge on any atom is -0.347 e. The number of hydrogen-bond acceptors (Lipinski definition) is 4. The molecule has 2 heterocycles. The summed E-state index contributed by atoms with van der Waals surface area (Å²) in [7, 11) is 0. The molecule has 4 rings (SSSR count). The Labute approximate surface area is 170 Å². The maximum absolute atomic E-state index is 14.4. The molecule has 1 aliphatic rings. The lowest BCUT2D eigenvalue weighted by atomic mass is 9.89. The summed E-state index contributed by atoms with van der Waals surface area (Å²) in [6, 6.07) is 7.04. The molecule has 0 spiro atoms. The van der Waals surface area contributed by atoms with E-state index in [0.717, 1.165) is 6.07 Å². The Morgan fingerprint density at radius 1 is 1.30 bits per heavy atom. The van der Waals surface area contributed by atoms with Gasteiger partial charge in [0.15, 0.2) is 11.6 Å². The molecule has 1 amide bonds. The standard InChI is InChI=1S/C22H18F2N4O2/c1-11-17-16(6-4-14(23)19(17)24)28-20(29)18(11)22(7-8-22)21(30)27-12(2)15-5-3-13(9-25)10-26-15/h3-6,10,12H,7-8H2,1-2H3,(H,27,30)(H,28,29)/t12-/m1/s1. The average Bonchev–Trinajstić information content (AvgIpc) is 3.52. The minimum absolute atomic E-state index is 0.0227. The van der Waals surface area contributed by atoms with Crippen LogP contribution in [-0.2, 0) is 10.2 Å². The number of carbonyl (C=O) groups is 1. The van der Waals surface area contributed by atoms with Crippen molar-refractivity contribution < 1.29 is 13.6 Å². The SMILES string of the molecule is Cc1c(C2(C(=O)N[C@H](C)c3ccc(C#N)cn3)CC2)c(=O)[nH]c2ccc(F)c(F)c12. The highest BCUT2D eigenvalue weighted by Gasteiger charge is 2.54. The first-order chi connectivity index (χ1) is 14.3. The van der Waals surface area contributed by atoms with Gasteiger partial charge in [0.05, 0.1) is 28.2 Å². The number of rotatable bonds is 4. The highest BCUT2D eigenvalue weighted by molar-refractivity contribution is 5.94. The van der Waals surface area contributed by atoms with Crippen LogP contribution in [0.2, 0.25) is 0 Å². The van der Waals surface area contributed by atoms with Crippen LogP contribution < -0.4 is 10.9 Å². The lowest BCUT2D eigenvalue weighted by molar-refractivity contribution is -0.124. The van der Waals surface area contributed by atoms with Gasteiger partial charge in [-0.3, -0.25) is 14.6 Å². The van der Waals surface area contributed by atoms with Gasteiger partial charge < -0.3 is 10.3 Å². The molecular formula is C22H18F2N4O2. The summed E-state index contributed by atoms with van der Waals surface area (Å²) in [6.07, 6.45) is 2.28. The van der Waals surface area contributed by atoms with E-state index in [4.69, 9.17) is 5.26 Å². The lowest BCUT2D eigenvalue weighted by Crippen LogP contribution is -2.40. The molecule has 0 aliphatic heterocycles. The zero-order chi connectivity index (χ0) is 21.6. The van der Waals surface area contributed by atoms with Crippen molar-refractivity contribution in [1.29, 1.82) is 5.26 Å². The number of amides is 1. The summed E-state index contributed by atoms with van der Waals surface area (Å²) < 4.78 is 28.2. The van der Waals surface area contributed by atoms with Crippen LogP contribution in [0.1, 0.15) is 48.2 Å². The molecule has 6 nitrogen and oxygen atoms in total. The van der Waals surface area contributed by atoms with Crippen molar-refractivity contribution in [3.05, 3.63) is 74.8 Å². The van der Waals surface area contributed by atoms with Crippen molar-refractivity contribution in [3.63, 3.8) is 0 Å². The van der Waals surface area contributed by atoms with E-state index in [2.05, 4.69) is 15.3 Å². The lowest BCUT2D eigenvalue weighted by Gasteiger charge is -2.21. The van der Waals surface area contributed by atoms with Crippen LogP contribution in [0.3, 0.4) is 0 Å². The third kappa shape index (κ3) is 3.03. The number of H-pyrrole nitrogens is 1. The number of hydrogen-bond donors (Lipinski definition) is 2. The number of aryl methyl sites for hydroxylation is 1. The van der Waals surface area contributed by atoms with Crippen LogP contribution >= 0.6 is 0 Å². The van der Waals surface area contributed by atoms with Crippen LogP contribution in [0, 0.1) is 29.9 Å². The van der Waals surface area contributed by atoms with Crippen molar-refractivity contribution in [3.8, 4) is 6.07 Å². The van der Waals surface area contributed by atoms with Gasteiger partial charge in [0.2, 0.25) is 5.91 Å². The van der Waals surface area contributed by atoms with Gasteiger partial charge in [-0.25, -0.2) is 8.78 Å². The highest BCUT2D eigenvalue weighted by Crippen LogP contribution is 2.49. The third-order valence-corrected chi connectivity index (χ3v) is 5.69. The number of nitrogens with zero attached hydrogens (tertiary/aromatic N) is 2. The number of halogens is 2. The first-order valence-corrected chi connectivity index (χ1v) is 9.46. The van der Waals surface area contributed by atoms with Crippen molar-refractivity contribution in [2.75, 3.05) is 0 Å². The number of pyridine rings is 2. The maximum atomic E-state index is 14.4. The van der Waals surface area contributed by atoms with E-state index in [1.54, 1.807) is 19.1 Å². The van der Waals surface area contributed by atoms with Crippen LogP contribution in [0.25, 0.3) is 10.9 Å². The Kier molecular flexibility index (Phi) is 4.61. The fourth-order valence-corrected chi connectivity index (χ4v) is 3.93. The second kappa shape index (κ2) is 7.02. The molecule has 3 aromatic rings. The van der Waals surface area contributed by atoms with Crippen LogP contribution in [0.4, 0.5) is 8.78 Å². The van der Waals surface area contributed by atoms with Gasteiger partial charge in [-0.1, -0.05) is 0 Å². The monoisotopic (exact) mass is 408 g/mol. The molecule has 0 radical (unpaired) electrons. The van der Waals surface area contributed by atoms with Gasteiger partial charge in [0, 0.05) is 17.1 Å². The van der Waals surface area contributed by atoms with E-state index in [9.17, 15) is 18.4 Å². The molecule has 152 valence electrons. The van der Waals surface area contributed by atoms with E-state index in [1.165, 1.54) is 19.2 Å². The fourth-order valence-electron chi connectivity index (χ4n) is 3.93. The molecule has 1 fully saturated rings.